The predicted octanol–water partition coefficient (Wildman–Crippen LogP) is 4.90. The minimum atomic E-state index is -0.461. The van der Waals surface area contributed by atoms with Crippen molar-refractivity contribution in [2.24, 2.45) is 0 Å². The first-order chi connectivity index (χ1) is 17.0. The molecule has 0 saturated carbocycles. The number of fused-ring (bicyclic) bond motifs is 1. The van der Waals surface area contributed by atoms with Crippen molar-refractivity contribution < 1.29 is 9.53 Å². The molecule has 0 aliphatic carbocycles. The highest BCUT2D eigenvalue weighted by atomic mass is 79.9. The molecule has 1 unspecified atom stereocenters. The van der Waals surface area contributed by atoms with Crippen molar-refractivity contribution in [3.8, 4) is 5.75 Å². The molecule has 1 aliphatic rings. The highest BCUT2D eigenvalue weighted by Crippen LogP contribution is 2.26. The van der Waals surface area contributed by atoms with E-state index in [2.05, 4.69) is 20.9 Å². The summed E-state index contributed by atoms with van der Waals surface area (Å²) in [6.07, 6.45) is 1.67. The zero-order chi connectivity index (χ0) is 24.4. The van der Waals surface area contributed by atoms with Gasteiger partial charge in [0.1, 0.15) is 17.6 Å². The summed E-state index contributed by atoms with van der Waals surface area (Å²) in [4.78, 5) is 37.4. The van der Waals surface area contributed by atoms with Crippen LogP contribution < -0.4 is 10.3 Å². The summed E-state index contributed by atoms with van der Waals surface area (Å²) in [5.74, 6) is 1.03. The summed E-state index contributed by atoms with van der Waals surface area (Å²) in [5, 5.41) is 0. The standard InChI is InChI=1S/C27H23BrN4O3/c1-18-30-24-17-31(27(34)35-21-12-10-20(28)11-13-21)16-14-22(24)26(33)32(18)25(19-7-3-2-4-8-19)23-9-5-6-15-29-23/h2-13,15,25H,14,16-17H2,1H3. The number of nitrogens with zero attached hydrogens (tertiary/aromatic N) is 4. The van der Waals surface area contributed by atoms with Gasteiger partial charge in [-0.3, -0.25) is 14.3 Å². The summed E-state index contributed by atoms with van der Waals surface area (Å²) >= 11 is 3.37. The lowest BCUT2D eigenvalue weighted by atomic mass is 10.0. The van der Waals surface area contributed by atoms with Crippen molar-refractivity contribution >= 4 is 22.0 Å². The molecular formula is C27H23BrN4O3. The number of hydrogen-bond acceptors (Lipinski definition) is 5. The minimum Gasteiger partial charge on any atom is -0.410 e. The van der Waals surface area contributed by atoms with Gasteiger partial charge in [0.15, 0.2) is 0 Å². The van der Waals surface area contributed by atoms with Crippen LogP contribution in [0.25, 0.3) is 0 Å². The van der Waals surface area contributed by atoms with E-state index in [0.29, 0.717) is 35.8 Å². The lowest BCUT2D eigenvalue weighted by Crippen LogP contribution is -2.43. The van der Waals surface area contributed by atoms with Crippen molar-refractivity contribution in [2.75, 3.05) is 6.54 Å². The van der Waals surface area contributed by atoms with Gasteiger partial charge >= 0.3 is 6.09 Å². The Morgan fingerprint density at radius 3 is 2.49 bits per heavy atom. The number of benzene rings is 2. The van der Waals surface area contributed by atoms with E-state index in [9.17, 15) is 9.59 Å². The molecule has 5 rings (SSSR count). The molecule has 1 atom stereocenters. The maximum atomic E-state index is 13.8. The van der Waals surface area contributed by atoms with Crippen LogP contribution in [0.4, 0.5) is 4.79 Å². The van der Waals surface area contributed by atoms with E-state index < -0.39 is 12.1 Å². The van der Waals surface area contributed by atoms with Gasteiger partial charge in [-0.15, -0.1) is 0 Å². The maximum Gasteiger partial charge on any atom is 0.415 e. The van der Waals surface area contributed by atoms with Crippen LogP contribution in [-0.4, -0.2) is 32.1 Å². The number of ether oxygens (including phenoxy) is 1. The van der Waals surface area contributed by atoms with E-state index in [4.69, 9.17) is 9.72 Å². The van der Waals surface area contributed by atoms with Crippen molar-refractivity contribution in [3.63, 3.8) is 0 Å². The molecule has 0 radical (unpaired) electrons. The maximum absolute atomic E-state index is 13.8. The third-order valence-electron chi connectivity index (χ3n) is 6.06. The SMILES string of the molecule is Cc1nc2c(c(=O)n1C(c1ccccc1)c1ccccn1)CCN(C(=O)Oc1ccc(Br)cc1)C2. The van der Waals surface area contributed by atoms with E-state index >= 15 is 0 Å². The summed E-state index contributed by atoms with van der Waals surface area (Å²) in [6, 6.07) is 22.2. The molecule has 0 spiro atoms. The Bertz CT molecular complexity index is 1370. The van der Waals surface area contributed by atoms with Crippen LogP contribution >= 0.6 is 15.9 Å². The molecule has 0 fully saturated rings. The van der Waals surface area contributed by atoms with Gasteiger partial charge in [0.25, 0.3) is 5.56 Å². The van der Waals surface area contributed by atoms with Crippen LogP contribution in [0.3, 0.4) is 0 Å². The Morgan fingerprint density at radius 1 is 1.03 bits per heavy atom. The first kappa shape index (κ1) is 23.0. The van der Waals surface area contributed by atoms with E-state index in [1.807, 2.05) is 67.6 Å². The van der Waals surface area contributed by atoms with Crippen molar-refractivity contribution in [1.29, 1.82) is 0 Å². The molecule has 7 nitrogen and oxygen atoms in total. The zero-order valence-corrected chi connectivity index (χ0v) is 20.7. The number of carbonyl (C=O) groups is 1. The van der Waals surface area contributed by atoms with Gasteiger partial charge in [-0.1, -0.05) is 52.3 Å². The molecule has 0 bridgehead atoms. The largest absolute Gasteiger partial charge is 0.415 e. The minimum absolute atomic E-state index is 0.104. The molecule has 1 aliphatic heterocycles. The van der Waals surface area contributed by atoms with Crippen LogP contribution in [0.5, 0.6) is 5.75 Å². The zero-order valence-electron chi connectivity index (χ0n) is 19.1. The molecule has 35 heavy (non-hydrogen) atoms. The van der Waals surface area contributed by atoms with E-state index in [0.717, 1.165) is 15.7 Å². The molecule has 4 aromatic rings. The molecule has 176 valence electrons. The second-order valence-electron chi connectivity index (χ2n) is 8.32. The van der Waals surface area contributed by atoms with Gasteiger partial charge in [0, 0.05) is 22.8 Å². The molecule has 1 amide bonds. The molecular weight excluding hydrogens is 508 g/mol. The Balaban J connectivity index is 1.48. The monoisotopic (exact) mass is 530 g/mol. The molecule has 8 heteroatoms. The van der Waals surface area contributed by atoms with Gasteiger partial charge in [0.05, 0.1) is 17.9 Å². The van der Waals surface area contributed by atoms with Gasteiger partial charge in [-0.2, -0.15) is 0 Å². The molecule has 2 aromatic carbocycles. The Morgan fingerprint density at radius 2 is 1.77 bits per heavy atom. The van der Waals surface area contributed by atoms with Crippen LogP contribution in [0.2, 0.25) is 0 Å². The fourth-order valence-electron chi connectivity index (χ4n) is 4.37. The number of amides is 1. The number of pyridine rings is 1. The van der Waals surface area contributed by atoms with E-state index in [1.165, 1.54) is 0 Å². The fourth-order valence-corrected chi connectivity index (χ4v) is 4.64. The first-order valence-electron chi connectivity index (χ1n) is 11.3. The number of rotatable bonds is 4. The number of carbonyl (C=O) groups excluding carboxylic acids is 1. The Kier molecular flexibility index (Phi) is 6.46. The fraction of sp³-hybridized carbons (Fsp3) is 0.185. The van der Waals surface area contributed by atoms with Gasteiger partial charge in [-0.05, 0) is 55.3 Å². The second-order valence-corrected chi connectivity index (χ2v) is 9.24. The quantitative estimate of drug-likeness (QED) is 0.374. The number of hydrogen-bond donors (Lipinski definition) is 0. The number of halogens is 1. The molecule has 0 N–H and O–H groups in total. The van der Waals surface area contributed by atoms with Gasteiger partial charge < -0.3 is 9.64 Å². The topological polar surface area (TPSA) is 77.3 Å². The van der Waals surface area contributed by atoms with Crippen molar-refractivity contribution in [2.45, 2.75) is 25.9 Å². The Hall–Kier alpha value is -3.78. The highest BCUT2D eigenvalue weighted by Gasteiger charge is 2.29. The van der Waals surface area contributed by atoms with Crippen LogP contribution in [0, 0.1) is 6.92 Å². The third kappa shape index (κ3) is 4.74. The normalized spacial score (nSPS) is 13.7. The lowest BCUT2D eigenvalue weighted by Gasteiger charge is -2.29. The lowest BCUT2D eigenvalue weighted by molar-refractivity contribution is 0.145. The van der Waals surface area contributed by atoms with Crippen molar-refractivity contribution in [1.82, 2.24) is 19.4 Å². The summed E-state index contributed by atoms with van der Waals surface area (Å²) in [6.45, 7) is 2.42. The smallest absolute Gasteiger partial charge is 0.410 e. The van der Waals surface area contributed by atoms with E-state index in [1.54, 1.807) is 27.8 Å². The Labute approximate surface area is 211 Å². The van der Waals surface area contributed by atoms with E-state index in [-0.39, 0.29) is 12.1 Å². The molecule has 2 aromatic heterocycles. The van der Waals surface area contributed by atoms with Crippen LogP contribution in [0.1, 0.15) is 34.4 Å². The first-order valence-corrected chi connectivity index (χ1v) is 12.1. The number of aromatic nitrogens is 3. The van der Waals surface area contributed by atoms with Crippen LogP contribution in [0.15, 0.2) is 88.3 Å². The molecule has 0 saturated heterocycles. The highest BCUT2D eigenvalue weighted by molar-refractivity contribution is 9.10. The predicted molar refractivity (Wildman–Crippen MR) is 135 cm³/mol. The summed E-state index contributed by atoms with van der Waals surface area (Å²) in [7, 11) is 0. The number of aryl methyl sites for hydroxylation is 1. The summed E-state index contributed by atoms with van der Waals surface area (Å²) < 4.78 is 8.13. The third-order valence-corrected chi connectivity index (χ3v) is 6.59. The average molecular weight is 531 g/mol. The van der Waals surface area contributed by atoms with Crippen LogP contribution in [-0.2, 0) is 13.0 Å². The average Bonchev–Trinajstić information content (AvgIpc) is 2.88. The van der Waals surface area contributed by atoms with Gasteiger partial charge in [0.2, 0.25) is 0 Å². The second kappa shape index (κ2) is 9.84. The molecule has 3 heterocycles. The van der Waals surface area contributed by atoms with Crippen molar-refractivity contribution in [3.05, 3.63) is 122 Å². The summed E-state index contributed by atoms with van der Waals surface area (Å²) in [5.41, 5.74) is 2.85. The van der Waals surface area contributed by atoms with Gasteiger partial charge in [-0.25, -0.2) is 9.78 Å².